The highest BCUT2D eigenvalue weighted by molar-refractivity contribution is 6.04. The predicted molar refractivity (Wildman–Crippen MR) is 78.8 cm³/mol. The first-order valence-corrected chi connectivity index (χ1v) is 6.59. The molecule has 0 aromatic carbocycles. The Kier molecular flexibility index (Phi) is 3.40. The van der Waals surface area contributed by atoms with E-state index in [2.05, 4.69) is 38.9 Å². The van der Waals surface area contributed by atoms with Gasteiger partial charge in [-0.25, -0.2) is 0 Å². The van der Waals surface area contributed by atoms with E-state index in [0.29, 0.717) is 6.04 Å². The van der Waals surface area contributed by atoms with Gasteiger partial charge in [-0.15, -0.1) is 0 Å². The number of hydrogen-bond acceptors (Lipinski definition) is 2. The molecule has 0 saturated heterocycles. The van der Waals surface area contributed by atoms with Crippen LogP contribution in [0.1, 0.15) is 26.7 Å². The highest BCUT2D eigenvalue weighted by Gasteiger charge is 2.47. The number of hydrogen-bond donors (Lipinski definition) is 1. The zero-order chi connectivity index (χ0) is 13.3. The Morgan fingerprint density at radius 3 is 2.72 bits per heavy atom. The van der Waals surface area contributed by atoms with E-state index in [-0.39, 0.29) is 5.41 Å². The summed E-state index contributed by atoms with van der Waals surface area (Å²) >= 11 is 0. The summed E-state index contributed by atoms with van der Waals surface area (Å²) in [6.07, 6.45) is 5.85. The first-order valence-electron chi connectivity index (χ1n) is 6.59. The minimum absolute atomic E-state index is 0.156. The molecule has 2 aliphatic rings. The van der Waals surface area contributed by atoms with Crippen molar-refractivity contribution in [3.8, 4) is 0 Å². The summed E-state index contributed by atoms with van der Waals surface area (Å²) in [5.41, 5.74) is 4.37. The quantitative estimate of drug-likeness (QED) is 0.751. The Bertz CT molecular complexity index is 467. The summed E-state index contributed by atoms with van der Waals surface area (Å²) in [5, 5.41) is 3.52. The molecule has 0 aromatic rings. The van der Waals surface area contributed by atoms with Gasteiger partial charge >= 0.3 is 0 Å². The Balaban J connectivity index is 2.51. The zero-order valence-corrected chi connectivity index (χ0v) is 11.4. The van der Waals surface area contributed by atoms with E-state index in [1.165, 1.54) is 11.3 Å². The van der Waals surface area contributed by atoms with Crippen molar-refractivity contribution >= 4 is 5.71 Å². The summed E-state index contributed by atoms with van der Waals surface area (Å²) in [6.45, 7) is 17.4. The molecule has 2 atom stereocenters. The first kappa shape index (κ1) is 13.0. The molecular formula is C16H22N2. The van der Waals surface area contributed by atoms with Crippen LogP contribution in [0.5, 0.6) is 0 Å². The Morgan fingerprint density at radius 2 is 2.17 bits per heavy atom. The van der Waals surface area contributed by atoms with Crippen molar-refractivity contribution < 1.29 is 0 Å². The number of fused-ring (bicyclic) bond motifs is 1. The maximum atomic E-state index is 4.79. The van der Waals surface area contributed by atoms with E-state index in [1.807, 2.05) is 12.2 Å². The van der Waals surface area contributed by atoms with Crippen LogP contribution in [0.25, 0.3) is 0 Å². The van der Waals surface area contributed by atoms with E-state index in [0.717, 1.165) is 30.7 Å². The second-order valence-corrected chi connectivity index (χ2v) is 5.08. The van der Waals surface area contributed by atoms with Crippen molar-refractivity contribution in [1.29, 1.82) is 0 Å². The molecule has 0 amide bonds. The molecule has 96 valence electrons. The van der Waals surface area contributed by atoms with Gasteiger partial charge in [-0.2, -0.15) is 0 Å². The van der Waals surface area contributed by atoms with Crippen LogP contribution in [0.4, 0.5) is 0 Å². The van der Waals surface area contributed by atoms with E-state index < -0.39 is 0 Å². The molecule has 18 heavy (non-hydrogen) atoms. The van der Waals surface area contributed by atoms with Crippen LogP contribution in [0.3, 0.4) is 0 Å². The Hall–Kier alpha value is -1.41. The molecule has 2 nitrogen and oxygen atoms in total. The number of rotatable bonds is 4. The molecule has 2 unspecified atom stereocenters. The third kappa shape index (κ3) is 1.64. The van der Waals surface area contributed by atoms with Gasteiger partial charge in [-0.3, -0.25) is 4.99 Å². The summed E-state index contributed by atoms with van der Waals surface area (Å²) in [7, 11) is 0. The number of allylic oxidation sites excluding steroid dienone is 4. The van der Waals surface area contributed by atoms with Gasteiger partial charge < -0.3 is 5.32 Å². The lowest BCUT2D eigenvalue weighted by Crippen LogP contribution is -2.48. The average molecular weight is 242 g/mol. The van der Waals surface area contributed by atoms with Crippen molar-refractivity contribution in [3.05, 3.63) is 48.7 Å². The van der Waals surface area contributed by atoms with Crippen molar-refractivity contribution in [2.45, 2.75) is 32.7 Å². The van der Waals surface area contributed by atoms with Gasteiger partial charge in [0, 0.05) is 11.8 Å². The number of nitrogens with one attached hydrogen (secondary N) is 1. The molecule has 0 spiro atoms. The van der Waals surface area contributed by atoms with Gasteiger partial charge in [0.2, 0.25) is 0 Å². The molecule has 0 radical (unpaired) electrons. The molecule has 1 N–H and O–H groups in total. The molecule has 2 rings (SSSR count). The standard InChI is InChI=1S/C16H22N2/c1-6-12-13(7-2)18-15-14(17-8-3)10-9-11(4)16(12,15)5/h6-7,14,17H,1-2,4,8-10H2,3,5H3. The number of nitrogens with zero attached hydrogens (tertiary/aromatic N) is 1. The van der Waals surface area contributed by atoms with Crippen LogP contribution in [0, 0.1) is 5.41 Å². The van der Waals surface area contributed by atoms with Crippen LogP contribution in [0.2, 0.25) is 0 Å². The van der Waals surface area contributed by atoms with Gasteiger partial charge in [0.25, 0.3) is 0 Å². The lowest BCUT2D eigenvalue weighted by molar-refractivity contribution is 0.493. The van der Waals surface area contributed by atoms with Gasteiger partial charge in [0.1, 0.15) is 0 Å². The fraction of sp³-hybridized carbons (Fsp3) is 0.438. The first-order chi connectivity index (χ1) is 8.59. The molecule has 0 aromatic heterocycles. The van der Waals surface area contributed by atoms with Crippen LogP contribution in [0.15, 0.2) is 53.7 Å². The summed E-state index contributed by atoms with van der Waals surface area (Å²) in [4.78, 5) is 4.79. The lowest BCUT2D eigenvalue weighted by atomic mass is 9.65. The van der Waals surface area contributed by atoms with Crippen LogP contribution in [-0.2, 0) is 0 Å². The summed E-state index contributed by atoms with van der Waals surface area (Å²) in [5.74, 6) is 0. The van der Waals surface area contributed by atoms with Crippen LogP contribution < -0.4 is 5.32 Å². The van der Waals surface area contributed by atoms with E-state index in [9.17, 15) is 0 Å². The van der Waals surface area contributed by atoms with Crippen molar-refractivity contribution in [2.24, 2.45) is 10.4 Å². The maximum Gasteiger partial charge on any atom is 0.0668 e. The van der Waals surface area contributed by atoms with E-state index >= 15 is 0 Å². The highest BCUT2D eigenvalue weighted by Crippen LogP contribution is 2.49. The van der Waals surface area contributed by atoms with Gasteiger partial charge in [-0.05, 0) is 38.0 Å². The molecule has 1 aliphatic heterocycles. The van der Waals surface area contributed by atoms with E-state index in [1.54, 1.807) is 0 Å². The Labute approximate surface area is 110 Å². The third-order valence-electron chi connectivity index (χ3n) is 4.19. The molecule has 1 saturated carbocycles. The predicted octanol–water partition coefficient (Wildman–Crippen LogP) is 3.40. The Morgan fingerprint density at radius 1 is 1.44 bits per heavy atom. The smallest absolute Gasteiger partial charge is 0.0668 e. The molecule has 1 aliphatic carbocycles. The monoisotopic (exact) mass is 242 g/mol. The second kappa shape index (κ2) is 4.69. The zero-order valence-electron chi connectivity index (χ0n) is 11.4. The minimum Gasteiger partial charge on any atom is -0.309 e. The van der Waals surface area contributed by atoms with Crippen molar-refractivity contribution in [1.82, 2.24) is 5.32 Å². The SMILES string of the molecule is C=CC1=C(C=C)C2(C)C(=C)CCC(NCC)C2=N1. The topological polar surface area (TPSA) is 24.4 Å². The fourth-order valence-electron chi connectivity index (χ4n) is 3.11. The van der Waals surface area contributed by atoms with Crippen molar-refractivity contribution in [2.75, 3.05) is 6.54 Å². The van der Waals surface area contributed by atoms with Crippen LogP contribution in [-0.4, -0.2) is 18.3 Å². The number of aliphatic imine (C=N–C) groups is 1. The van der Waals surface area contributed by atoms with Crippen molar-refractivity contribution in [3.63, 3.8) is 0 Å². The normalized spacial score (nSPS) is 31.1. The summed E-state index contributed by atoms with van der Waals surface area (Å²) in [6, 6.07) is 0.345. The maximum absolute atomic E-state index is 4.79. The van der Waals surface area contributed by atoms with Gasteiger partial charge in [0.15, 0.2) is 0 Å². The highest BCUT2D eigenvalue weighted by atomic mass is 15.0. The minimum atomic E-state index is -0.156. The van der Waals surface area contributed by atoms with E-state index in [4.69, 9.17) is 4.99 Å². The molecular weight excluding hydrogens is 220 g/mol. The molecule has 1 fully saturated rings. The largest absolute Gasteiger partial charge is 0.309 e. The lowest BCUT2D eigenvalue weighted by Gasteiger charge is -2.40. The third-order valence-corrected chi connectivity index (χ3v) is 4.19. The van der Waals surface area contributed by atoms with Gasteiger partial charge in [0.05, 0.1) is 11.1 Å². The van der Waals surface area contributed by atoms with Crippen LogP contribution >= 0.6 is 0 Å². The molecule has 0 bridgehead atoms. The molecule has 1 heterocycles. The second-order valence-electron chi connectivity index (χ2n) is 5.08. The average Bonchev–Trinajstić information content (AvgIpc) is 2.67. The fourth-order valence-corrected chi connectivity index (χ4v) is 3.11. The van der Waals surface area contributed by atoms with Gasteiger partial charge in [-0.1, -0.05) is 38.3 Å². The molecule has 2 heteroatoms. The summed E-state index contributed by atoms with van der Waals surface area (Å²) < 4.78 is 0.